The van der Waals surface area contributed by atoms with Gasteiger partial charge in [-0.3, -0.25) is 0 Å². The molecule has 0 amide bonds. The molecule has 0 radical (unpaired) electrons. The number of methoxy groups -OCH3 is 1. The molecule has 1 saturated heterocycles. The van der Waals surface area contributed by atoms with E-state index in [9.17, 15) is 0 Å². The Labute approximate surface area is 109 Å². The summed E-state index contributed by atoms with van der Waals surface area (Å²) >= 11 is 0. The van der Waals surface area contributed by atoms with Crippen molar-refractivity contribution < 1.29 is 9.47 Å². The molecule has 1 aliphatic heterocycles. The Morgan fingerprint density at radius 1 is 1.39 bits per heavy atom. The molecule has 2 rings (SSSR count). The number of benzene rings is 1. The minimum atomic E-state index is 0.501. The lowest BCUT2D eigenvalue weighted by Gasteiger charge is -2.25. The van der Waals surface area contributed by atoms with Gasteiger partial charge in [-0.1, -0.05) is 0 Å². The average molecular weight is 250 g/mol. The van der Waals surface area contributed by atoms with Crippen LogP contribution in [0.1, 0.15) is 19.8 Å². The van der Waals surface area contributed by atoms with E-state index >= 15 is 0 Å². The van der Waals surface area contributed by atoms with Crippen LogP contribution in [0.3, 0.4) is 0 Å². The largest absolute Gasteiger partial charge is 0.493 e. The Morgan fingerprint density at radius 2 is 2.28 bits per heavy atom. The molecule has 0 spiro atoms. The van der Waals surface area contributed by atoms with Crippen LogP contribution >= 0.6 is 0 Å². The monoisotopic (exact) mass is 250 g/mol. The van der Waals surface area contributed by atoms with Gasteiger partial charge in [-0.25, -0.2) is 0 Å². The molecule has 1 unspecified atom stereocenters. The number of hydrogen-bond acceptors (Lipinski definition) is 4. The molecule has 0 aromatic heterocycles. The van der Waals surface area contributed by atoms with Gasteiger partial charge in [-0.15, -0.1) is 0 Å². The summed E-state index contributed by atoms with van der Waals surface area (Å²) in [7, 11) is 1.67. The van der Waals surface area contributed by atoms with Gasteiger partial charge in [-0.2, -0.15) is 0 Å². The maximum atomic E-state index is 5.51. The number of rotatable bonds is 5. The zero-order valence-corrected chi connectivity index (χ0v) is 11.2. The predicted molar refractivity (Wildman–Crippen MR) is 73.7 cm³/mol. The van der Waals surface area contributed by atoms with Crippen LogP contribution in [0.25, 0.3) is 0 Å². The first-order chi connectivity index (χ1) is 8.83. The van der Waals surface area contributed by atoms with E-state index in [-0.39, 0.29) is 0 Å². The lowest BCUT2D eigenvalue weighted by molar-refractivity contribution is 0.311. The van der Waals surface area contributed by atoms with Crippen LogP contribution in [0.2, 0.25) is 0 Å². The van der Waals surface area contributed by atoms with Crippen LogP contribution in [0.4, 0.5) is 5.69 Å². The highest BCUT2D eigenvalue weighted by Gasteiger charge is 2.13. The molecule has 1 aromatic carbocycles. The van der Waals surface area contributed by atoms with E-state index in [1.54, 1.807) is 7.11 Å². The minimum Gasteiger partial charge on any atom is -0.493 e. The highest BCUT2D eigenvalue weighted by Crippen LogP contribution is 2.30. The Balaban J connectivity index is 2.04. The van der Waals surface area contributed by atoms with Crippen molar-refractivity contribution >= 4 is 5.69 Å². The third-order valence-electron chi connectivity index (χ3n) is 3.13. The predicted octanol–water partition coefficient (Wildman–Crippen LogP) is 2.26. The Bertz CT molecular complexity index is 376. The zero-order valence-electron chi connectivity index (χ0n) is 11.2. The second-order valence-electron chi connectivity index (χ2n) is 4.49. The minimum absolute atomic E-state index is 0.501. The second kappa shape index (κ2) is 6.50. The standard InChI is InChI=1S/C14H22N2O2/c1-3-18-13-7-6-11(9-14(13)17-2)16-12-5-4-8-15-10-12/h6-7,9,12,15-16H,3-5,8,10H2,1-2H3. The van der Waals surface area contributed by atoms with Gasteiger partial charge < -0.3 is 20.1 Å². The van der Waals surface area contributed by atoms with Crippen molar-refractivity contribution in [2.45, 2.75) is 25.8 Å². The smallest absolute Gasteiger partial charge is 0.162 e. The zero-order chi connectivity index (χ0) is 12.8. The lowest BCUT2D eigenvalue weighted by Crippen LogP contribution is -2.38. The molecular weight excluding hydrogens is 228 g/mol. The van der Waals surface area contributed by atoms with Crippen LogP contribution in [0.5, 0.6) is 11.5 Å². The van der Waals surface area contributed by atoms with Crippen LogP contribution in [-0.2, 0) is 0 Å². The number of ether oxygens (including phenoxy) is 2. The summed E-state index contributed by atoms with van der Waals surface area (Å²) in [5.74, 6) is 1.58. The van der Waals surface area contributed by atoms with Gasteiger partial charge in [0, 0.05) is 24.3 Å². The SMILES string of the molecule is CCOc1ccc(NC2CCCNC2)cc1OC. The molecule has 0 aliphatic carbocycles. The first kappa shape index (κ1) is 13.0. The molecule has 1 atom stereocenters. The second-order valence-corrected chi connectivity index (χ2v) is 4.49. The number of anilines is 1. The van der Waals surface area contributed by atoms with E-state index in [1.807, 2.05) is 25.1 Å². The fourth-order valence-corrected chi connectivity index (χ4v) is 2.24. The Morgan fingerprint density at radius 3 is 2.94 bits per heavy atom. The molecule has 1 aromatic rings. The first-order valence-corrected chi connectivity index (χ1v) is 6.61. The average Bonchev–Trinajstić information content (AvgIpc) is 2.42. The van der Waals surface area contributed by atoms with E-state index in [0.717, 1.165) is 30.3 Å². The quantitative estimate of drug-likeness (QED) is 0.841. The van der Waals surface area contributed by atoms with Crippen LogP contribution in [-0.4, -0.2) is 32.8 Å². The van der Waals surface area contributed by atoms with E-state index in [0.29, 0.717) is 12.6 Å². The molecule has 2 N–H and O–H groups in total. The van der Waals surface area contributed by atoms with E-state index < -0.39 is 0 Å². The maximum Gasteiger partial charge on any atom is 0.162 e. The highest BCUT2D eigenvalue weighted by molar-refractivity contribution is 5.55. The fraction of sp³-hybridized carbons (Fsp3) is 0.571. The van der Waals surface area contributed by atoms with Gasteiger partial charge in [0.25, 0.3) is 0 Å². The molecule has 100 valence electrons. The third-order valence-corrected chi connectivity index (χ3v) is 3.13. The summed E-state index contributed by atoms with van der Waals surface area (Å²) in [5, 5.41) is 6.92. The summed E-state index contributed by atoms with van der Waals surface area (Å²) in [6.07, 6.45) is 2.44. The van der Waals surface area contributed by atoms with Gasteiger partial charge in [-0.05, 0) is 38.4 Å². The van der Waals surface area contributed by atoms with Crippen molar-refractivity contribution in [2.75, 3.05) is 32.1 Å². The van der Waals surface area contributed by atoms with Gasteiger partial charge in [0.1, 0.15) is 0 Å². The summed E-state index contributed by atoms with van der Waals surface area (Å²) in [5.41, 5.74) is 1.09. The summed E-state index contributed by atoms with van der Waals surface area (Å²) in [6, 6.07) is 6.50. The van der Waals surface area contributed by atoms with E-state index in [2.05, 4.69) is 10.6 Å². The van der Waals surface area contributed by atoms with Crippen LogP contribution in [0.15, 0.2) is 18.2 Å². The van der Waals surface area contributed by atoms with Crippen molar-refractivity contribution in [1.82, 2.24) is 5.32 Å². The summed E-state index contributed by atoms with van der Waals surface area (Å²) < 4.78 is 10.9. The fourth-order valence-electron chi connectivity index (χ4n) is 2.24. The lowest BCUT2D eigenvalue weighted by atomic mass is 10.1. The Kier molecular flexibility index (Phi) is 4.70. The molecule has 4 heteroatoms. The highest BCUT2D eigenvalue weighted by atomic mass is 16.5. The van der Waals surface area contributed by atoms with E-state index in [4.69, 9.17) is 9.47 Å². The molecule has 1 fully saturated rings. The molecule has 1 aliphatic rings. The van der Waals surface area contributed by atoms with Gasteiger partial charge >= 0.3 is 0 Å². The summed E-state index contributed by atoms with van der Waals surface area (Å²) in [4.78, 5) is 0. The normalized spacial score (nSPS) is 19.3. The molecule has 18 heavy (non-hydrogen) atoms. The van der Waals surface area contributed by atoms with Crippen molar-refractivity contribution in [3.8, 4) is 11.5 Å². The van der Waals surface area contributed by atoms with Crippen molar-refractivity contribution in [1.29, 1.82) is 0 Å². The van der Waals surface area contributed by atoms with Crippen molar-refractivity contribution in [3.05, 3.63) is 18.2 Å². The van der Waals surface area contributed by atoms with E-state index in [1.165, 1.54) is 12.8 Å². The summed E-state index contributed by atoms with van der Waals surface area (Å²) in [6.45, 7) is 4.77. The third kappa shape index (κ3) is 3.29. The van der Waals surface area contributed by atoms with Crippen molar-refractivity contribution in [2.24, 2.45) is 0 Å². The first-order valence-electron chi connectivity index (χ1n) is 6.61. The van der Waals surface area contributed by atoms with Crippen LogP contribution < -0.4 is 20.1 Å². The number of hydrogen-bond donors (Lipinski definition) is 2. The molecule has 0 saturated carbocycles. The van der Waals surface area contributed by atoms with Gasteiger partial charge in [0.15, 0.2) is 11.5 Å². The molecule has 4 nitrogen and oxygen atoms in total. The Hall–Kier alpha value is -1.42. The number of nitrogens with one attached hydrogen (secondary N) is 2. The van der Waals surface area contributed by atoms with Gasteiger partial charge in [0.05, 0.1) is 13.7 Å². The number of piperidine rings is 1. The maximum absolute atomic E-state index is 5.51. The molecular formula is C14H22N2O2. The van der Waals surface area contributed by atoms with Crippen molar-refractivity contribution in [3.63, 3.8) is 0 Å². The topological polar surface area (TPSA) is 42.5 Å². The molecule has 0 bridgehead atoms. The molecule has 1 heterocycles. The van der Waals surface area contributed by atoms with Gasteiger partial charge in [0.2, 0.25) is 0 Å². The van der Waals surface area contributed by atoms with Crippen LogP contribution in [0, 0.1) is 0 Å².